The van der Waals surface area contributed by atoms with E-state index < -0.39 is 0 Å². The van der Waals surface area contributed by atoms with Gasteiger partial charge in [0.05, 0.1) is 13.2 Å². The van der Waals surface area contributed by atoms with E-state index in [-0.39, 0.29) is 29.4 Å². The molecule has 3 unspecified atom stereocenters. The first-order valence-corrected chi connectivity index (χ1v) is 9.77. The molecule has 1 heterocycles. The molecule has 0 radical (unpaired) electrons. The van der Waals surface area contributed by atoms with Crippen LogP contribution in [0.3, 0.4) is 0 Å². The van der Waals surface area contributed by atoms with Gasteiger partial charge in [-0.3, -0.25) is 4.79 Å². The molecule has 0 bridgehead atoms. The Labute approximate surface area is 161 Å². The van der Waals surface area contributed by atoms with Crippen LogP contribution in [0, 0.1) is 11.3 Å². The summed E-state index contributed by atoms with van der Waals surface area (Å²) in [6.45, 7) is 7.24. The number of methoxy groups -OCH3 is 1. The van der Waals surface area contributed by atoms with Crippen LogP contribution in [0.2, 0.25) is 0 Å². The number of carbonyl (C=O) groups is 2. The fourth-order valence-corrected chi connectivity index (χ4v) is 4.70. The Morgan fingerprint density at radius 3 is 2.67 bits per heavy atom. The maximum Gasteiger partial charge on any atom is 0.315 e. The van der Waals surface area contributed by atoms with Crippen LogP contribution in [-0.2, 0) is 4.79 Å². The average Bonchev–Trinajstić information content (AvgIpc) is 2.93. The summed E-state index contributed by atoms with van der Waals surface area (Å²) in [5.74, 6) is 1.33. The van der Waals surface area contributed by atoms with Crippen LogP contribution in [-0.4, -0.2) is 37.7 Å². The largest absolute Gasteiger partial charge is 0.497 e. The van der Waals surface area contributed by atoms with Crippen molar-refractivity contribution in [2.24, 2.45) is 11.3 Å². The maximum atomic E-state index is 12.5. The fourth-order valence-electron chi connectivity index (χ4n) is 4.70. The van der Waals surface area contributed by atoms with Gasteiger partial charge in [-0.25, -0.2) is 4.79 Å². The zero-order chi connectivity index (χ0) is 19.6. The normalized spacial score (nSPS) is 27.3. The first-order chi connectivity index (χ1) is 12.8. The van der Waals surface area contributed by atoms with E-state index in [0.717, 1.165) is 18.5 Å². The molecule has 6 heteroatoms. The number of hydrogen-bond acceptors (Lipinski definition) is 3. The van der Waals surface area contributed by atoms with Crippen molar-refractivity contribution in [3.8, 4) is 5.75 Å². The zero-order valence-corrected chi connectivity index (χ0v) is 16.7. The van der Waals surface area contributed by atoms with Crippen LogP contribution in [0.15, 0.2) is 24.3 Å². The predicted molar refractivity (Wildman–Crippen MR) is 106 cm³/mol. The maximum absolute atomic E-state index is 12.5. The number of anilines is 1. The second-order valence-corrected chi connectivity index (χ2v) is 8.83. The highest BCUT2D eigenvalue weighted by Crippen LogP contribution is 2.38. The van der Waals surface area contributed by atoms with E-state index in [1.807, 2.05) is 24.3 Å². The molecule has 2 N–H and O–H groups in total. The summed E-state index contributed by atoms with van der Waals surface area (Å²) in [7, 11) is 1.60. The van der Waals surface area contributed by atoms with E-state index in [1.165, 1.54) is 6.42 Å². The van der Waals surface area contributed by atoms with E-state index in [2.05, 4.69) is 31.4 Å². The van der Waals surface area contributed by atoms with Gasteiger partial charge in [0, 0.05) is 30.8 Å². The highest BCUT2D eigenvalue weighted by atomic mass is 16.5. The van der Waals surface area contributed by atoms with Gasteiger partial charge in [0.1, 0.15) is 5.75 Å². The van der Waals surface area contributed by atoms with Gasteiger partial charge in [-0.2, -0.15) is 0 Å². The number of rotatable bonds is 4. The quantitative estimate of drug-likeness (QED) is 0.851. The van der Waals surface area contributed by atoms with Crippen LogP contribution < -0.4 is 20.3 Å². The van der Waals surface area contributed by atoms with Gasteiger partial charge in [-0.05, 0) is 42.7 Å². The van der Waals surface area contributed by atoms with Crippen molar-refractivity contribution >= 4 is 17.6 Å². The molecule has 1 saturated carbocycles. The third kappa shape index (κ3) is 4.93. The molecule has 1 aliphatic heterocycles. The molecule has 6 nitrogen and oxygen atoms in total. The summed E-state index contributed by atoms with van der Waals surface area (Å²) in [5, 5.41) is 6.10. The van der Waals surface area contributed by atoms with Gasteiger partial charge in [-0.15, -0.1) is 0 Å². The Balaban J connectivity index is 1.55. The number of hydrogen-bond donors (Lipinski definition) is 2. The van der Waals surface area contributed by atoms with Gasteiger partial charge in [-0.1, -0.05) is 26.8 Å². The van der Waals surface area contributed by atoms with Gasteiger partial charge in [0.2, 0.25) is 5.91 Å². The monoisotopic (exact) mass is 373 g/mol. The lowest BCUT2D eigenvalue weighted by molar-refractivity contribution is -0.117. The number of urea groups is 1. The zero-order valence-electron chi connectivity index (χ0n) is 16.7. The standard InChI is InChI=1S/C21H31N3O3/c1-14-8-15(12-21(2,3)11-14)22-20(26)23-16-9-19(25)24(13-16)17-6-5-7-18(10-17)27-4/h5-7,10,14-16H,8-9,11-13H2,1-4H3,(H2,22,23,26). The van der Waals surface area contributed by atoms with Gasteiger partial charge in [0.25, 0.3) is 0 Å². The summed E-state index contributed by atoms with van der Waals surface area (Å²) >= 11 is 0. The highest BCUT2D eigenvalue weighted by molar-refractivity contribution is 5.97. The Hall–Kier alpha value is -2.24. The molecule has 2 aliphatic rings. The Bertz CT molecular complexity index is 704. The van der Waals surface area contributed by atoms with Crippen molar-refractivity contribution in [3.05, 3.63) is 24.3 Å². The molecule has 148 valence electrons. The van der Waals surface area contributed by atoms with Crippen LogP contribution in [0.5, 0.6) is 5.75 Å². The summed E-state index contributed by atoms with van der Waals surface area (Å²) in [5.41, 5.74) is 1.05. The molecular formula is C21H31N3O3. The first-order valence-electron chi connectivity index (χ1n) is 9.77. The highest BCUT2D eigenvalue weighted by Gasteiger charge is 2.35. The predicted octanol–water partition coefficient (Wildman–Crippen LogP) is 3.31. The Kier molecular flexibility index (Phi) is 5.63. The van der Waals surface area contributed by atoms with E-state index in [9.17, 15) is 9.59 Å². The minimum atomic E-state index is -0.183. The molecule has 3 rings (SSSR count). The minimum Gasteiger partial charge on any atom is -0.497 e. The Morgan fingerprint density at radius 2 is 1.96 bits per heavy atom. The second kappa shape index (κ2) is 7.79. The van der Waals surface area contributed by atoms with Crippen molar-refractivity contribution in [1.29, 1.82) is 0 Å². The van der Waals surface area contributed by atoms with Crippen molar-refractivity contribution < 1.29 is 14.3 Å². The number of benzene rings is 1. The number of nitrogens with zero attached hydrogens (tertiary/aromatic N) is 1. The van der Waals surface area contributed by atoms with E-state index in [1.54, 1.807) is 12.0 Å². The van der Waals surface area contributed by atoms with Crippen molar-refractivity contribution in [2.45, 2.75) is 58.5 Å². The third-order valence-corrected chi connectivity index (χ3v) is 5.55. The van der Waals surface area contributed by atoms with Crippen LogP contribution >= 0.6 is 0 Å². The number of amides is 3. The summed E-state index contributed by atoms with van der Waals surface area (Å²) < 4.78 is 5.23. The lowest BCUT2D eigenvalue weighted by Gasteiger charge is -2.39. The second-order valence-electron chi connectivity index (χ2n) is 8.83. The van der Waals surface area contributed by atoms with E-state index >= 15 is 0 Å². The van der Waals surface area contributed by atoms with Gasteiger partial charge < -0.3 is 20.3 Å². The van der Waals surface area contributed by atoms with Crippen LogP contribution in [0.4, 0.5) is 10.5 Å². The molecule has 27 heavy (non-hydrogen) atoms. The summed E-state index contributed by atoms with van der Waals surface area (Å²) in [6.07, 6.45) is 3.51. The minimum absolute atomic E-state index is 0.0148. The molecule has 1 aromatic rings. The fraction of sp³-hybridized carbons (Fsp3) is 0.619. The number of nitrogens with one attached hydrogen (secondary N) is 2. The van der Waals surface area contributed by atoms with E-state index in [4.69, 9.17) is 4.74 Å². The molecule has 2 fully saturated rings. The molecular weight excluding hydrogens is 342 g/mol. The van der Waals surface area contributed by atoms with E-state index in [0.29, 0.717) is 24.6 Å². The first kappa shape index (κ1) is 19.5. The lowest BCUT2D eigenvalue weighted by Crippen LogP contribution is -2.50. The molecule has 1 aliphatic carbocycles. The van der Waals surface area contributed by atoms with Crippen molar-refractivity contribution in [2.75, 3.05) is 18.6 Å². The number of ether oxygens (including phenoxy) is 1. The smallest absolute Gasteiger partial charge is 0.315 e. The molecule has 1 aromatic carbocycles. The van der Waals surface area contributed by atoms with Crippen molar-refractivity contribution in [3.63, 3.8) is 0 Å². The SMILES string of the molecule is COc1cccc(N2CC(NC(=O)NC3CC(C)CC(C)(C)C3)CC2=O)c1. The molecule has 0 spiro atoms. The van der Waals surface area contributed by atoms with Crippen LogP contribution in [0.1, 0.15) is 46.5 Å². The molecule has 3 atom stereocenters. The lowest BCUT2D eigenvalue weighted by atomic mass is 9.71. The van der Waals surface area contributed by atoms with Gasteiger partial charge in [0.15, 0.2) is 0 Å². The average molecular weight is 373 g/mol. The number of carbonyl (C=O) groups excluding carboxylic acids is 2. The Morgan fingerprint density at radius 1 is 1.22 bits per heavy atom. The molecule has 1 saturated heterocycles. The third-order valence-electron chi connectivity index (χ3n) is 5.55. The summed E-state index contributed by atoms with van der Waals surface area (Å²) in [4.78, 5) is 26.6. The van der Waals surface area contributed by atoms with Crippen LogP contribution in [0.25, 0.3) is 0 Å². The molecule has 3 amide bonds. The van der Waals surface area contributed by atoms with Crippen molar-refractivity contribution in [1.82, 2.24) is 10.6 Å². The topological polar surface area (TPSA) is 70.7 Å². The van der Waals surface area contributed by atoms with Gasteiger partial charge >= 0.3 is 6.03 Å². The summed E-state index contributed by atoms with van der Waals surface area (Å²) in [6, 6.07) is 7.27. The molecule has 0 aromatic heterocycles.